The minimum atomic E-state index is 0.399. The van der Waals surface area contributed by atoms with Crippen molar-refractivity contribution in [3.8, 4) is 0 Å². The molecular weight excluding hydrogens is 318 g/mol. The summed E-state index contributed by atoms with van der Waals surface area (Å²) in [5, 5.41) is 5.81. The lowest BCUT2D eigenvalue weighted by Gasteiger charge is -2.19. The molecule has 2 rings (SSSR count). The molecule has 0 bridgehead atoms. The quantitative estimate of drug-likeness (QED) is 0.772. The van der Waals surface area contributed by atoms with Gasteiger partial charge in [0.15, 0.2) is 0 Å². The first-order valence-electron chi connectivity index (χ1n) is 6.72. The Morgan fingerprint density at radius 3 is 2.79 bits per heavy atom. The Morgan fingerprint density at radius 2 is 2.16 bits per heavy atom. The van der Waals surface area contributed by atoms with Crippen LogP contribution in [0.2, 0.25) is 0 Å². The van der Waals surface area contributed by atoms with Crippen LogP contribution in [0.1, 0.15) is 35.4 Å². The van der Waals surface area contributed by atoms with Crippen molar-refractivity contribution in [1.29, 1.82) is 0 Å². The molecule has 3 heteroatoms. The molecule has 0 fully saturated rings. The van der Waals surface area contributed by atoms with E-state index < -0.39 is 0 Å². The van der Waals surface area contributed by atoms with Crippen molar-refractivity contribution in [3.05, 3.63) is 56.2 Å². The Morgan fingerprint density at radius 1 is 1.32 bits per heavy atom. The van der Waals surface area contributed by atoms with E-state index in [1.807, 2.05) is 11.3 Å². The van der Waals surface area contributed by atoms with Gasteiger partial charge in [-0.2, -0.15) is 0 Å². The Bertz CT molecular complexity index is 507. The van der Waals surface area contributed by atoms with Crippen molar-refractivity contribution < 1.29 is 0 Å². The minimum absolute atomic E-state index is 0.399. The van der Waals surface area contributed by atoms with E-state index in [1.165, 1.54) is 20.5 Å². The molecule has 1 nitrogen and oxygen atoms in total. The third-order valence-electron chi connectivity index (χ3n) is 3.22. The summed E-state index contributed by atoms with van der Waals surface area (Å²) >= 11 is 5.47. The molecule has 1 aromatic heterocycles. The molecule has 0 saturated carbocycles. The van der Waals surface area contributed by atoms with Crippen LogP contribution in [0.4, 0.5) is 0 Å². The smallest absolute Gasteiger partial charge is 0.0369 e. The number of thiophene rings is 1. The van der Waals surface area contributed by atoms with Gasteiger partial charge in [-0.25, -0.2) is 0 Å². The SMILES string of the molecule is CCCNC(Cc1cccs1)c1ccc(C)c(Br)c1. The largest absolute Gasteiger partial charge is 0.310 e. The van der Waals surface area contributed by atoms with Crippen LogP contribution in [0, 0.1) is 6.92 Å². The second kappa shape index (κ2) is 7.22. The average Bonchev–Trinajstić information content (AvgIpc) is 2.91. The van der Waals surface area contributed by atoms with Gasteiger partial charge in [0.2, 0.25) is 0 Å². The predicted octanol–water partition coefficient (Wildman–Crippen LogP) is 5.10. The number of nitrogens with one attached hydrogen (secondary N) is 1. The molecule has 0 amide bonds. The summed E-state index contributed by atoms with van der Waals surface area (Å²) in [6.07, 6.45) is 2.22. The first kappa shape index (κ1) is 14.8. The Hall–Kier alpha value is -0.640. The lowest BCUT2D eigenvalue weighted by atomic mass is 10.0. The molecule has 1 N–H and O–H groups in total. The second-order valence-electron chi connectivity index (χ2n) is 4.80. The molecule has 0 spiro atoms. The maximum absolute atomic E-state index is 3.66. The van der Waals surface area contributed by atoms with Crippen LogP contribution < -0.4 is 5.32 Å². The first-order valence-corrected chi connectivity index (χ1v) is 8.39. The summed E-state index contributed by atoms with van der Waals surface area (Å²) in [6, 6.07) is 11.4. The van der Waals surface area contributed by atoms with Crippen molar-refractivity contribution in [3.63, 3.8) is 0 Å². The van der Waals surface area contributed by atoms with Crippen molar-refractivity contribution in [2.24, 2.45) is 0 Å². The topological polar surface area (TPSA) is 12.0 Å². The molecule has 0 saturated heterocycles. The predicted molar refractivity (Wildman–Crippen MR) is 87.9 cm³/mol. The molecule has 1 heterocycles. The van der Waals surface area contributed by atoms with E-state index in [0.717, 1.165) is 19.4 Å². The fraction of sp³-hybridized carbons (Fsp3) is 0.375. The molecule has 1 unspecified atom stereocenters. The highest BCUT2D eigenvalue weighted by molar-refractivity contribution is 9.10. The van der Waals surface area contributed by atoms with Gasteiger partial charge in [0.05, 0.1) is 0 Å². The van der Waals surface area contributed by atoms with E-state index >= 15 is 0 Å². The molecular formula is C16H20BrNS. The monoisotopic (exact) mass is 337 g/mol. The fourth-order valence-electron chi connectivity index (χ4n) is 2.08. The summed E-state index contributed by atoms with van der Waals surface area (Å²) in [5.41, 5.74) is 2.65. The first-order chi connectivity index (χ1) is 9.20. The van der Waals surface area contributed by atoms with E-state index in [0.29, 0.717) is 6.04 Å². The standard InChI is InChI=1S/C16H20BrNS/c1-3-8-18-16(11-14-5-4-9-19-14)13-7-6-12(2)15(17)10-13/h4-7,9-10,16,18H,3,8,11H2,1-2H3. The van der Waals surface area contributed by atoms with Crippen LogP contribution in [0.25, 0.3) is 0 Å². The van der Waals surface area contributed by atoms with Gasteiger partial charge < -0.3 is 5.32 Å². The van der Waals surface area contributed by atoms with Gasteiger partial charge in [0, 0.05) is 21.8 Å². The maximum Gasteiger partial charge on any atom is 0.0369 e. The third-order valence-corrected chi connectivity index (χ3v) is 4.98. The molecule has 19 heavy (non-hydrogen) atoms. The molecule has 0 radical (unpaired) electrons. The van der Waals surface area contributed by atoms with E-state index in [9.17, 15) is 0 Å². The Labute approximate surface area is 128 Å². The van der Waals surface area contributed by atoms with Gasteiger partial charge in [0.25, 0.3) is 0 Å². The van der Waals surface area contributed by atoms with Crippen LogP contribution in [0.3, 0.4) is 0 Å². The van der Waals surface area contributed by atoms with Gasteiger partial charge in [-0.1, -0.05) is 41.1 Å². The third kappa shape index (κ3) is 4.16. The van der Waals surface area contributed by atoms with Crippen LogP contribution in [-0.2, 0) is 6.42 Å². The highest BCUT2D eigenvalue weighted by atomic mass is 79.9. The zero-order valence-electron chi connectivity index (χ0n) is 11.4. The molecule has 0 aliphatic rings. The average molecular weight is 338 g/mol. The number of halogens is 1. The Balaban J connectivity index is 2.18. The maximum atomic E-state index is 3.66. The number of rotatable bonds is 6. The summed E-state index contributed by atoms with van der Waals surface area (Å²) in [6.45, 7) is 5.39. The zero-order valence-corrected chi connectivity index (χ0v) is 13.9. The molecule has 2 aromatic rings. The molecule has 0 aliphatic heterocycles. The van der Waals surface area contributed by atoms with Crippen molar-refractivity contribution in [2.45, 2.75) is 32.7 Å². The molecule has 102 valence electrons. The molecule has 1 atom stereocenters. The van der Waals surface area contributed by atoms with Crippen molar-refractivity contribution in [2.75, 3.05) is 6.54 Å². The summed E-state index contributed by atoms with van der Waals surface area (Å²) < 4.78 is 1.19. The Kier molecular flexibility index (Phi) is 5.61. The molecule has 0 aliphatic carbocycles. The molecule has 1 aromatic carbocycles. The number of benzene rings is 1. The number of hydrogen-bond acceptors (Lipinski definition) is 2. The van der Waals surface area contributed by atoms with Crippen LogP contribution in [0.5, 0.6) is 0 Å². The number of hydrogen-bond donors (Lipinski definition) is 1. The summed E-state index contributed by atoms with van der Waals surface area (Å²) in [5.74, 6) is 0. The van der Waals surface area contributed by atoms with Crippen molar-refractivity contribution >= 4 is 27.3 Å². The lowest BCUT2D eigenvalue weighted by molar-refractivity contribution is 0.532. The lowest BCUT2D eigenvalue weighted by Crippen LogP contribution is -2.23. The van der Waals surface area contributed by atoms with Gasteiger partial charge in [-0.15, -0.1) is 11.3 Å². The summed E-state index contributed by atoms with van der Waals surface area (Å²) in [7, 11) is 0. The van der Waals surface area contributed by atoms with E-state index in [2.05, 4.69) is 70.8 Å². The van der Waals surface area contributed by atoms with Crippen LogP contribution >= 0.6 is 27.3 Å². The van der Waals surface area contributed by atoms with E-state index in [1.54, 1.807) is 0 Å². The second-order valence-corrected chi connectivity index (χ2v) is 6.69. The normalized spacial score (nSPS) is 12.6. The van der Waals surface area contributed by atoms with Gasteiger partial charge in [-0.05, 0) is 48.5 Å². The number of aryl methyl sites for hydroxylation is 1. The van der Waals surface area contributed by atoms with Crippen LogP contribution in [0.15, 0.2) is 40.2 Å². The summed E-state index contributed by atoms with van der Waals surface area (Å²) in [4.78, 5) is 1.44. The fourth-order valence-corrected chi connectivity index (χ4v) is 3.23. The van der Waals surface area contributed by atoms with Crippen molar-refractivity contribution in [1.82, 2.24) is 5.32 Å². The van der Waals surface area contributed by atoms with Gasteiger partial charge >= 0.3 is 0 Å². The minimum Gasteiger partial charge on any atom is -0.310 e. The van der Waals surface area contributed by atoms with Gasteiger partial charge in [0.1, 0.15) is 0 Å². The van der Waals surface area contributed by atoms with E-state index in [4.69, 9.17) is 0 Å². The van der Waals surface area contributed by atoms with Crippen LogP contribution in [-0.4, -0.2) is 6.54 Å². The van der Waals surface area contributed by atoms with E-state index in [-0.39, 0.29) is 0 Å². The highest BCUT2D eigenvalue weighted by Gasteiger charge is 2.13. The van der Waals surface area contributed by atoms with Gasteiger partial charge in [-0.3, -0.25) is 0 Å². The zero-order chi connectivity index (χ0) is 13.7. The highest BCUT2D eigenvalue weighted by Crippen LogP contribution is 2.25.